The Kier molecular flexibility index (Phi) is 5.62. The Hall–Kier alpha value is -1.58. The van der Waals surface area contributed by atoms with E-state index < -0.39 is 4.92 Å². The lowest BCUT2D eigenvalue weighted by molar-refractivity contribution is -0.385. The van der Waals surface area contributed by atoms with Gasteiger partial charge in [-0.1, -0.05) is 35.2 Å². The van der Waals surface area contributed by atoms with Gasteiger partial charge in [-0.15, -0.1) is 0 Å². The van der Waals surface area contributed by atoms with E-state index in [9.17, 15) is 14.9 Å². The number of aromatic nitrogens is 1. The molecule has 1 heterocycles. The van der Waals surface area contributed by atoms with Crippen LogP contribution in [-0.4, -0.2) is 20.8 Å². The van der Waals surface area contributed by atoms with Gasteiger partial charge in [0, 0.05) is 25.3 Å². The van der Waals surface area contributed by atoms with Crippen LogP contribution in [0.15, 0.2) is 12.4 Å². The molecular weight excluding hydrogens is 276 g/mol. The smallest absolute Gasteiger partial charge is 0.288 e. The molecule has 0 atom stereocenters. The van der Waals surface area contributed by atoms with E-state index in [1.807, 2.05) is 0 Å². The third-order valence-corrected chi connectivity index (χ3v) is 3.03. The largest absolute Gasteiger partial charge is 0.307 e. The summed E-state index contributed by atoms with van der Waals surface area (Å²) in [5.41, 5.74) is 0.0558. The number of halogens is 1. The topological polar surface area (TPSA) is 73.1 Å². The molecule has 0 aliphatic carbocycles. The van der Waals surface area contributed by atoms with E-state index >= 15 is 0 Å². The second kappa shape index (κ2) is 6.99. The van der Waals surface area contributed by atoms with Crippen LogP contribution in [-0.2, 0) is 4.79 Å². The molecule has 7 heteroatoms. The summed E-state index contributed by atoms with van der Waals surface area (Å²) in [6.07, 6.45) is 2.96. The number of hydrogen-bond acceptors (Lipinski definition) is 5. The third-order valence-electron chi connectivity index (χ3n) is 1.81. The lowest BCUT2D eigenvalue weighted by Gasteiger charge is -1.96. The Morgan fingerprint density at radius 3 is 2.94 bits per heavy atom. The SMILES string of the molecule is CC(=O)SCCC#Cc1cncc([N+](=O)[O-])c1Cl. The number of thioether (sulfide) groups is 1. The van der Waals surface area contributed by atoms with Crippen LogP contribution in [0.25, 0.3) is 0 Å². The first-order valence-electron chi connectivity index (χ1n) is 4.92. The van der Waals surface area contributed by atoms with Crippen molar-refractivity contribution >= 4 is 34.2 Å². The van der Waals surface area contributed by atoms with Crippen LogP contribution in [0.4, 0.5) is 5.69 Å². The molecule has 0 aliphatic rings. The van der Waals surface area contributed by atoms with Gasteiger partial charge in [-0.3, -0.25) is 19.9 Å². The molecule has 0 amide bonds. The molecule has 1 aromatic heterocycles. The number of nitrogens with zero attached hydrogens (tertiary/aromatic N) is 2. The molecular formula is C11H9ClN2O3S. The summed E-state index contributed by atoms with van der Waals surface area (Å²) < 4.78 is 0. The molecule has 0 saturated heterocycles. The zero-order chi connectivity index (χ0) is 13.5. The number of rotatable bonds is 3. The van der Waals surface area contributed by atoms with Gasteiger partial charge in [0.25, 0.3) is 0 Å². The van der Waals surface area contributed by atoms with Gasteiger partial charge in [0.1, 0.15) is 11.2 Å². The van der Waals surface area contributed by atoms with Gasteiger partial charge in [0.15, 0.2) is 5.12 Å². The van der Waals surface area contributed by atoms with Crippen molar-refractivity contribution in [3.05, 3.63) is 33.1 Å². The Labute approximate surface area is 113 Å². The standard InChI is InChI=1S/C11H9ClN2O3S/c1-8(15)18-5-3-2-4-9-6-13-7-10(11(9)12)14(16)17/h6-7H,3,5H2,1H3. The van der Waals surface area contributed by atoms with Gasteiger partial charge in [0.05, 0.1) is 10.5 Å². The lowest BCUT2D eigenvalue weighted by atomic mass is 10.2. The average molecular weight is 285 g/mol. The first kappa shape index (κ1) is 14.5. The highest BCUT2D eigenvalue weighted by atomic mass is 35.5. The summed E-state index contributed by atoms with van der Waals surface area (Å²) in [7, 11) is 0. The van der Waals surface area contributed by atoms with Crippen LogP contribution in [0.3, 0.4) is 0 Å². The quantitative estimate of drug-likeness (QED) is 0.369. The van der Waals surface area contributed by atoms with Gasteiger partial charge in [-0.2, -0.15) is 0 Å². The maximum atomic E-state index is 10.7. The molecule has 0 aliphatic heterocycles. The Morgan fingerprint density at radius 1 is 1.61 bits per heavy atom. The minimum atomic E-state index is -0.605. The number of carbonyl (C=O) groups excluding carboxylic acids is 1. The van der Waals surface area contributed by atoms with Crippen LogP contribution in [0.5, 0.6) is 0 Å². The molecule has 0 unspecified atom stereocenters. The van der Waals surface area contributed by atoms with Crippen LogP contribution in [0, 0.1) is 22.0 Å². The maximum absolute atomic E-state index is 10.7. The molecule has 1 aromatic rings. The van der Waals surface area contributed by atoms with Crippen molar-refractivity contribution in [2.45, 2.75) is 13.3 Å². The van der Waals surface area contributed by atoms with Crippen molar-refractivity contribution in [3.8, 4) is 11.8 Å². The first-order valence-corrected chi connectivity index (χ1v) is 6.29. The van der Waals surface area contributed by atoms with Gasteiger partial charge < -0.3 is 0 Å². The van der Waals surface area contributed by atoms with Crippen molar-refractivity contribution in [2.75, 3.05) is 5.75 Å². The second-order valence-corrected chi connectivity index (χ2v) is 4.82. The summed E-state index contributed by atoms with van der Waals surface area (Å²) in [6, 6.07) is 0. The van der Waals surface area contributed by atoms with Crippen molar-refractivity contribution in [2.24, 2.45) is 0 Å². The molecule has 0 fully saturated rings. The molecule has 0 aromatic carbocycles. The van der Waals surface area contributed by atoms with Gasteiger partial charge in [-0.25, -0.2) is 0 Å². The zero-order valence-electron chi connectivity index (χ0n) is 9.47. The minimum absolute atomic E-state index is 0.0123. The molecule has 0 saturated carbocycles. The molecule has 18 heavy (non-hydrogen) atoms. The zero-order valence-corrected chi connectivity index (χ0v) is 11.0. The fraction of sp³-hybridized carbons (Fsp3) is 0.273. The van der Waals surface area contributed by atoms with E-state index in [-0.39, 0.29) is 15.8 Å². The van der Waals surface area contributed by atoms with E-state index in [0.717, 1.165) is 6.20 Å². The highest BCUT2D eigenvalue weighted by Gasteiger charge is 2.14. The normalized spacial score (nSPS) is 9.44. The maximum Gasteiger partial charge on any atom is 0.307 e. The van der Waals surface area contributed by atoms with Gasteiger partial charge >= 0.3 is 5.69 Å². The summed E-state index contributed by atoms with van der Waals surface area (Å²) in [5.74, 6) is 6.09. The van der Waals surface area contributed by atoms with E-state index in [1.165, 1.54) is 24.9 Å². The van der Waals surface area contributed by atoms with Crippen molar-refractivity contribution in [1.29, 1.82) is 0 Å². The second-order valence-electron chi connectivity index (χ2n) is 3.17. The minimum Gasteiger partial charge on any atom is -0.288 e. The lowest BCUT2D eigenvalue weighted by Crippen LogP contribution is -1.92. The predicted molar refractivity (Wildman–Crippen MR) is 70.5 cm³/mol. The fourth-order valence-electron chi connectivity index (χ4n) is 1.05. The van der Waals surface area contributed by atoms with Crippen LogP contribution < -0.4 is 0 Å². The molecule has 5 nitrogen and oxygen atoms in total. The number of hydrogen-bond donors (Lipinski definition) is 0. The fourth-order valence-corrected chi connectivity index (χ4v) is 1.76. The van der Waals surface area contributed by atoms with Crippen molar-refractivity contribution < 1.29 is 9.72 Å². The predicted octanol–water partition coefficient (Wildman–Crippen LogP) is 2.66. The monoisotopic (exact) mass is 284 g/mol. The summed E-state index contributed by atoms with van der Waals surface area (Å²) in [6.45, 7) is 1.49. The van der Waals surface area contributed by atoms with Gasteiger partial charge in [0.2, 0.25) is 0 Å². The van der Waals surface area contributed by atoms with Crippen LogP contribution in [0.1, 0.15) is 18.9 Å². The van der Waals surface area contributed by atoms with E-state index in [4.69, 9.17) is 11.6 Å². The molecule has 0 bridgehead atoms. The number of carbonyl (C=O) groups is 1. The Morgan fingerprint density at radius 2 is 2.33 bits per heavy atom. The van der Waals surface area contributed by atoms with Crippen LogP contribution >= 0.6 is 23.4 Å². The van der Waals surface area contributed by atoms with E-state index in [2.05, 4.69) is 16.8 Å². The molecule has 1 rings (SSSR count). The Bertz CT molecular complexity index is 537. The first-order chi connectivity index (χ1) is 8.52. The highest BCUT2D eigenvalue weighted by molar-refractivity contribution is 8.13. The van der Waals surface area contributed by atoms with E-state index in [0.29, 0.717) is 17.7 Å². The third kappa shape index (κ3) is 4.35. The summed E-state index contributed by atoms with van der Waals surface area (Å²) in [5, 5.41) is 10.6. The van der Waals surface area contributed by atoms with Crippen LogP contribution in [0.2, 0.25) is 5.02 Å². The molecule has 0 radical (unpaired) electrons. The van der Waals surface area contributed by atoms with E-state index in [1.54, 1.807) is 0 Å². The highest BCUT2D eigenvalue weighted by Crippen LogP contribution is 2.25. The van der Waals surface area contributed by atoms with Gasteiger partial charge in [-0.05, 0) is 0 Å². The van der Waals surface area contributed by atoms with Crippen molar-refractivity contribution in [3.63, 3.8) is 0 Å². The number of nitro groups is 1. The molecule has 94 valence electrons. The molecule has 0 N–H and O–H groups in total. The number of pyridine rings is 1. The Balaban J connectivity index is 2.74. The molecule has 0 spiro atoms. The summed E-state index contributed by atoms with van der Waals surface area (Å²) >= 11 is 7.00. The van der Waals surface area contributed by atoms with Crippen molar-refractivity contribution in [1.82, 2.24) is 4.98 Å². The summed E-state index contributed by atoms with van der Waals surface area (Å²) in [4.78, 5) is 24.4. The average Bonchev–Trinajstić information content (AvgIpc) is 2.30.